The third-order valence-electron chi connectivity index (χ3n) is 3.10. The zero-order chi connectivity index (χ0) is 12.5. The van der Waals surface area contributed by atoms with E-state index in [4.69, 9.17) is 0 Å². The molecule has 1 aromatic rings. The van der Waals surface area contributed by atoms with Crippen LogP contribution in [0.5, 0.6) is 0 Å². The van der Waals surface area contributed by atoms with Crippen molar-refractivity contribution in [3.8, 4) is 0 Å². The topological polar surface area (TPSA) is 50.3 Å². The van der Waals surface area contributed by atoms with Crippen LogP contribution >= 0.6 is 0 Å². The summed E-state index contributed by atoms with van der Waals surface area (Å²) in [4.78, 5) is 29.5. The molecular formula is C13H16N2O2. The average molecular weight is 232 g/mol. The number of likely N-dealkylation sites (tertiary alicyclic amines) is 1. The summed E-state index contributed by atoms with van der Waals surface area (Å²) < 4.78 is 0. The standard InChI is InChI=1S/C13H16N2O2/c1-13(2)9-10(16)6-8-15(13)12(17)11-5-3-4-7-14-11/h3-5,7H,6,8-9H2,1-2H3. The first-order valence-electron chi connectivity index (χ1n) is 5.75. The third-order valence-corrected chi connectivity index (χ3v) is 3.10. The maximum atomic E-state index is 12.3. The maximum Gasteiger partial charge on any atom is 0.272 e. The molecule has 1 aromatic heterocycles. The molecule has 0 atom stereocenters. The van der Waals surface area contributed by atoms with Gasteiger partial charge in [0.2, 0.25) is 0 Å². The van der Waals surface area contributed by atoms with Crippen molar-refractivity contribution in [1.29, 1.82) is 0 Å². The van der Waals surface area contributed by atoms with Gasteiger partial charge in [0.15, 0.2) is 0 Å². The van der Waals surface area contributed by atoms with Gasteiger partial charge >= 0.3 is 0 Å². The number of carbonyl (C=O) groups is 2. The first-order valence-corrected chi connectivity index (χ1v) is 5.75. The summed E-state index contributed by atoms with van der Waals surface area (Å²) in [6, 6.07) is 5.28. The van der Waals surface area contributed by atoms with Crippen LogP contribution in [0.15, 0.2) is 24.4 Å². The zero-order valence-corrected chi connectivity index (χ0v) is 10.1. The van der Waals surface area contributed by atoms with Crippen LogP contribution in [0.3, 0.4) is 0 Å². The SMILES string of the molecule is CC1(C)CC(=O)CCN1C(=O)c1ccccn1. The Morgan fingerprint density at radius 1 is 1.41 bits per heavy atom. The Morgan fingerprint density at radius 2 is 2.18 bits per heavy atom. The van der Waals surface area contributed by atoms with E-state index in [9.17, 15) is 9.59 Å². The van der Waals surface area contributed by atoms with Gasteiger partial charge in [-0.3, -0.25) is 14.6 Å². The number of hydrogen-bond acceptors (Lipinski definition) is 3. The lowest BCUT2D eigenvalue weighted by Crippen LogP contribution is -2.53. The molecule has 1 saturated heterocycles. The highest BCUT2D eigenvalue weighted by molar-refractivity contribution is 5.94. The fourth-order valence-electron chi connectivity index (χ4n) is 2.21. The van der Waals surface area contributed by atoms with E-state index in [-0.39, 0.29) is 11.7 Å². The van der Waals surface area contributed by atoms with Crippen LogP contribution < -0.4 is 0 Å². The number of Topliss-reactive ketones (excluding diaryl/α,β-unsaturated/α-hetero) is 1. The Morgan fingerprint density at radius 3 is 2.76 bits per heavy atom. The van der Waals surface area contributed by atoms with Gasteiger partial charge in [-0.25, -0.2) is 0 Å². The predicted octanol–water partition coefficient (Wildman–Crippen LogP) is 1.67. The molecule has 0 bridgehead atoms. The molecule has 1 aliphatic rings. The molecule has 0 radical (unpaired) electrons. The number of piperidine rings is 1. The molecule has 0 aliphatic carbocycles. The van der Waals surface area contributed by atoms with Crippen molar-refractivity contribution >= 4 is 11.7 Å². The van der Waals surface area contributed by atoms with E-state index in [0.717, 1.165) is 0 Å². The summed E-state index contributed by atoms with van der Waals surface area (Å²) in [5.74, 6) is 0.128. The van der Waals surface area contributed by atoms with E-state index in [1.54, 1.807) is 29.3 Å². The second-order valence-corrected chi connectivity index (χ2v) is 4.95. The number of pyridine rings is 1. The van der Waals surface area contributed by atoms with E-state index in [2.05, 4.69) is 4.98 Å². The van der Waals surface area contributed by atoms with Gasteiger partial charge in [-0.1, -0.05) is 6.07 Å². The fraction of sp³-hybridized carbons (Fsp3) is 0.462. The Kier molecular flexibility index (Phi) is 2.96. The Hall–Kier alpha value is -1.71. The number of carbonyl (C=O) groups excluding carboxylic acids is 2. The summed E-state index contributed by atoms with van der Waals surface area (Å²) in [5, 5.41) is 0. The molecule has 2 rings (SSSR count). The van der Waals surface area contributed by atoms with Crippen molar-refractivity contribution in [2.45, 2.75) is 32.2 Å². The molecule has 17 heavy (non-hydrogen) atoms. The molecule has 0 unspecified atom stereocenters. The molecule has 2 heterocycles. The summed E-state index contributed by atoms with van der Waals surface area (Å²) in [5.41, 5.74) is 0.0270. The van der Waals surface area contributed by atoms with E-state index >= 15 is 0 Å². The second-order valence-electron chi connectivity index (χ2n) is 4.95. The van der Waals surface area contributed by atoms with E-state index in [0.29, 0.717) is 25.1 Å². The highest BCUT2D eigenvalue weighted by Gasteiger charge is 2.37. The summed E-state index contributed by atoms with van der Waals surface area (Å²) >= 11 is 0. The number of rotatable bonds is 1. The predicted molar refractivity (Wildman–Crippen MR) is 63.6 cm³/mol. The van der Waals surface area contributed by atoms with Crippen molar-refractivity contribution in [2.75, 3.05) is 6.54 Å². The van der Waals surface area contributed by atoms with Gasteiger partial charge in [0.25, 0.3) is 5.91 Å². The molecule has 0 aromatic carbocycles. The van der Waals surface area contributed by atoms with E-state index in [1.165, 1.54) is 0 Å². The van der Waals surface area contributed by atoms with Crippen LogP contribution in [0.2, 0.25) is 0 Å². The highest BCUT2D eigenvalue weighted by atomic mass is 16.2. The molecule has 0 spiro atoms. The summed E-state index contributed by atoms with van der Waals surface area (Å²) in [7, 11) is 0. The Balaban J connectivity index is 2.23. The average Bonchev–Trinajstić information content (AvgIpc) is 2.28. The minimum absolute atomic E-state index is 0.0944. The van der Waals surface area contributed by atoms with Crippen LogP contribution in [-0.2, 0) is 4.79 Å². The molecular weight excluding hydrogens is 216 g/mol. The van der Waals surface area contributed by atoms with Gasteiger partial charge < -0.3 is 4.90 Å². The van der Waals surface area contributed by atoms with Gasteiger partial charge in [-0.05, 0) is 26.0 Å². The van der Waals surface area contributed by atoms with Crippen molar-refractivity contribution in [2.24, 2.45) is 0 Å². The van der Waals surface area contributed by atoms with Crippen LogP contribution in [0, 0.1) is 0 Å². The fourth-order valence-corrected chi connectivity index (χ4v) is 2.21. The molecule has 1 fully saturated rings. The lowest BCUT2D eigenvalue weighted by Gasteiger charge is -2.41. The van der Waals surface area contributed by atoms with Gasteiger partial charge in [0.05, 0.1) is 0 Å². The first-order chi connectivity index (χ1) is 8.00. The van der Waals surface area contributed by atoms with Crippen LogP contribution in [0.25, 0.3) is 0 Å². The smallest absolute Gasteiger partial charge is 0.272 e. The minimum atomic E-state index is -0.413. The quantitative estimate of drug-likeness (QED) is 0.740. The summed E-state index contributed by atoms with van der Waals surface area (Å²) in [6.45, 7) is 4.33. The Bertz CT molecular complexity index is 440. The van der Waals surface area contributed by atoms with Gasteiger partial charge in [0.1, 0.15) is 11.5 Å². The monoisotopic (exact) mass is 232 g/mol. The van der Waals surface area contributed by atoms with Gasteiger partial charge in [-0.15, -0.1) is 0 Å². The molecule has 4 heteroatoms. The number of aromatic nitrogens is 1. The lowest BCUT2D eigenvalue weighted by molar-refractivity contribution is -0.124. The third kappa shape index (κ3) is 2.35. The van der Waals surface area contributed by atoms with Crippen LogP contribution in [-0.4, -0.2) is 33.7 Å². The number of ketones is 1. The van der Waals surface area contributed by atoms with E-state index < -0.39 is 5.54 Å². The molecule has 0 saturated carbocycles. The first kappa shape index (κ1) is 11.8. The number of hydrogen-bond donors (Lipinski definition) is 0. The van der Waals surface area contributed by atoms with Crippen molar-refractivity contribution in [1.82, 2.24) is 9.88 Å². The molecule has 90 valence electrons. The van der Waals surface area contributed by atoms with Gasteiger partial charge in [0, 0.05) is 31.1 Å². The Labute approximate surface area is 101 Å². The lowest BCUT2D eigenvalue weighted by atomic mass is 9.89. The van der Waals surface area contributed by atoms with E-state index in [1.807, 2.05) is 13.8 Å². The molecule has 1 amide bonds. The van der Waals surface area contributed by atoms with Crippen LogP contribution in [0.1, 0.15) is 37.2 Å². The zero-order valence-electron chi connectivity index (χ0n) is 10.1. The normalized spacial score (nSPS) is 19.2. The van der Waals surface area contributed by atoms with Crippen LogP contribution in [0.4, 0.5) is 0 Å². The molecule has 0 N–H and O–H groups in total. The minimum Gasteiger partial charge on any atom is -0.331 e. The van der Waals surface area contributed by atoms with Gasteiger partial charge in [-0.2, -0.15) is 0 Å². The maximum absolute atomic E-state index is 12.3. The summed E-state index contributed by atoms with van der Waals surface area (Å²) in [6.07, 6.45) is 2.48. The molecule has 4 nitrogen and oxygen atoms in total. The number of amides is 1. The second kappa shape index (κ2) is 4.28. The van der Waals surface area contributed by atoms with Crippen molar-refractivity contribution in [3.63, 3.8) is 0 Å². The number of nitrogens with zero attached hydrogens (tertiary/aromatic N) is 2. The highest BCUT2D eigenvalue weighted by Crippen LogP contribution is 2.26. The van der Waals surface area contributed by atoms with Crippen molar-refractivity contribution < 1.29 is 9.59 Å². The molecule has 1 aliphatic heterocycles. The van der Waals surface area contributed by atoms with Crippen molar-refractivity contribution in [3.05, 3.63) is 30.1 Å². The largest absolute Gasteiger partial charge is 0.331 e.